The standard InChI is InChI=1S/C22H25ClN2O3/c1-24(13-6-9-22(26)27)12-4-5-14-25-19-7-2-3-8-21(19)28-16-17-10-11-18(23)15-20(17)25/h2-3,6-11,15H,4-5,12-14,16H2,1H3,(H,26,27)/b9-6+. The van der Waals surface area contributed by atoms with Crippen molar-refractivity contribution in [2.24, 2.45) is 0 Å². The quantitative estimate of drug-likeness (QED) is 0.513. The van der Waals surface area contributed by atoms with Crippen molar-refractivity contribution in [1.29, 1.82) is 0 Å². The molecular weight excluding hydrogens is 376 g/mol. The first-order valence-electron chi connectivity index (χ1n) is 9.40. The predicted octanol–water partition coefficient (Wildman–Crippen LogP) is 4.72. The second-order valence-corrected chi connectivity index (χ2v) is 7.33. The molecule has 2 aromatic carbocycles. The van der Waals surface area contributed by atoms with Crippen LogP contribution in [-0.4, -0.2) is 42.7 Å². The first kappa shape index (κ1) is 20.2. The number of hydrogen-bond donors (Lipinski definition) is 1. The van der Waals surface area contributed by atoms with E-state index in [1.807, 2.05) is 43.4 Å². The molecule has 1 aliphatic rings. The number of para-hydroxylation sites is 2. The van der Waals surface area contributed by atoms with Gasteiger partial charge in [-0.05, 0) is 50.7 Å². The number of halogens is 1. The summed E-state index contributed by atoms with van der Waals surface area (Å²) in [4.78, 5) is 14.9. The molecule has 0 aliphatic carbocycles. The molecule has 2 aromatic rings. The minimum Gasteiger partial charge on any atom is -0.487 e. The molecule has 6 heteroatoms. The highest BCUT2D eigenvalue weighted by Gasteiger charge is 2.21. The number of likely N-dealkylation sites (N-methyl/N-ethyl adjacent to an activating group) is 1. The molecule has 0 saturated carbocycles. The van der Waals surface area contributed by atoms with E-state index in [1.165, 1.54) is 6.08 Å². The van der Waals surface area contributed by atoms with Gasteiger partial charge in [0.25, 0.3) is 0 Å². The maximum absolute atomic E-state index is 10.5. The number of fused-ring (bicyclic) bond motifs is 2. The number of ether oxygens (including phenoxy) is 1. The summed E-state index contributed by atoms with van der Waals surface area (Å²) in [6, 6.07) is 14.0. The molecule has 1 aliphatic heterocycles. The zero-order valence-electron chi connectivity index (χ0n) is 16.0. The summed E-state index contributed by atoms with van der Waals surface area (Å²) in [6.45, 7) is 2.91. The minimum atomic E-state index is -0.909. The van der Waals surface area contributed by atoms with Crippen molar-refractivity contribution < 1.29 is 14.6 Å². The maximum atomic E-state index is 10.5. The summed E-state index contributed by atoms with van der Waals surface area (Å²) in [5.74, 6) is -0.0291. The summed E-state index contributed by atoms with van der Waals surface area (Å²) in [5, 5.41) is 9.37. The van der Waals surface area contributed by atoms with Crippen molar-refractivity contribution in [3.8, 4) is 5.75 Å². The van der Waals surface area contributed by atoms with Gasteiger partial charge in [0.05, 0.1) is 5.69 Å². The Hall–Kier alpha value is -2.50. The lowest BCUT2D eigenvalue weighted by Gasteiger charge is -2.26. The number of nitrogens with zero attached hydrogens (tertiary/aromatic N) is 2. The zero-order valence-corrected chi connectivity index (χ0v) is 16.7. The topological polar surface area (TPSA) is 53.0 Å². The molecule has 0 amide bonds. The number of carboxylic acids is 1. The molecule has 0 fully saturated rings. The van der Waals surface area contributed by atoms with E-state index in [1.54, 1.807) is 6.08 Å². The molecule has 0 atom stereocenters. The van der Waals surface area contributed by atoms with Crippen LogP contribution in [-0.2, 0) is 11.4 Å². The van der Waals surface area contributed by atoms with Crippen molar-refractivity contribution in [2.75, 3.05) is 31.6 Å². The number of aliphatic carboxylic acids is 1. The Balaban J connectivity index is 1.66. The molecule has 1 heterocycles. The Labute approximate surface area is 170 Å². The monoisotopic (exact) mass is 400 g/mol. The van der Waals surface area contributed by atoms with Gasteiger partial charge in [0.1, 0.15) is 12.4 Å². The summed E-state index contributed by atoms with van der Waals surface area (Å²) >= 11 is 6.27. The zero-order chi connectivity index (χ0) is 19.9. The lowest BCUT2D eigenvalue weighted by molar-refractivity contribution is -0.131. The normalized spacial score (nSPS) is 13.2. The Kier molecular flexibility index (Phi) is 6.95. The molecule has 5 nitrogen and oxygen atoms in total. The average Bonchev–Trinajstić information content (AvgIpc) is 2.82. The summed E-state index contributed by atoms with van der Waals surface area (Å²) in [5.41, 5.74) is 3.27. The van der Waals surface area contributed by atoms with E-state index in [2.05, 4.69) is 15.9 Å². The van der Waals surface area contributed by atoms with E-state index in [9.17, 15) is 4.79 Å². The van der Waals surface area contributed by atoms with Crippen LogP contribution in [0.4, 0.5) is 11.4 Å². The Morgan fingerprint density at radius 1 is 1.25 bits per heavy atom. The van der Waals surface area contributed by atoms with E-state index in [0.717, 1.165) is 48.6 Å². The molecule has 28 heavy (non-hydrogen) atoms. The predicted molar refractivity (Wildman–Crippen MR) is 113 cm³/mol. The number of carbonyl (C=O) groups is 1. The molecule has 3 rings (SSSR count). The van der Waals surface area contributed by atoms with Crippen LogP contribution in [0.1, 0.15) is 18.4 Å². The lowest BCUT2D eigenvalue weighted by Crippen LogP contribution is -2.23. The Morgan fingerprint density at radius 2 is 2.07 bits per heavy atom. The maximum Gasteiger partial charge on any atom is 0.328 e. The van der Waals surface area contributed by atoms with Gasteiger partial charge in [-0.3, -0.25) is 0 Å². The number of benzene rings is 2. The van der Waals surface area contributed by atoms with E-state index < -0.39 is 5.97 Å². The van der Waals surface area contributed by atoms with E-state index >= 15 is 0 Å². The Morgan fingerprint density at radius 3 is 2.89 bits per heavy atom. The van der Waals surface area contributed by atoms with Crippen LogP contribution < -0.4 is 9.64 Å². The second-order valence-electron chi connectivity index (χ2n) is 6.89. The third-order valence-electron chi connectivity index (χ3n) is 4.73. The lowest BCUT2D eigenvalue weighted by atomic mass is 10.1. The van der Waals surface area contributed by atoms with Gasteiger partial charge in [0, 0.05) is 35.4 Å². The molecule has 148 valence electrons. The van der Waals surface area contributed by atoms with Crippen molar-refractivity contribution in [3.05, 3.63) is 65.2 Å². The third-order valence-corrected chi connectivity index (χ3v) is 4.96. The second kappa shape index (κ2) is 9.62. The smallest absolute Gasteiger partial charge is 0.328 e. The summed E-state index contributed by atoms with van der Waals surface area (Å²) in [7, 11) is 2.00. The third kappa shape index (κ3) is 5.27. The number of carboxylic acid groups (broad SMARTS) is 1. The number of hydrogen-bond acceptors (Lipinski definition) is 4. The van der Waals surface area contributed by atoms with Gasteiger partial charge in [0.2, 0.25) is 0 Å². The van der Waals surface area contributed by atoms with Crippen LogP contribution in [0.25, 0.3) is 0 Å². The molecule has 0 saturated heterocycles. The first-order chi connectivity index (χ1) is 13.5. The number of anilines is 2. The molecule has 0 bridgehead atoms. The van der Waals surface area contributed by atoms with Gasteiger partial charge < -0.3 is 19.6 Å². The van der Waals surface area contributed by atoms with Crippen LogP contribution in [0, 0.1) is 0 Å². The highest BCUT2D eigenvalue weighted by Crippen LogP contribution is 2.40. The first-order valence-corrected chi connectivity index (χ1v) is 9.78. The molecule has 0 radical (unpaired) electrons. The van der Waals surface area contributed by atoms with Gasteiger partial charge >= 0.3 is 5.97 Å². The van der Waals surface area contributed by atoms with Crippen LogP contribution in [0.15, 0.2) is 54.6 Å². The van der Waals surface area contributed by atoms with E-state index in [-0.39, 0.29) is 0 Å². The molecule has 1 N–H and O–H groups in total. The van der Waals surface area contributed by atoms with Gasteiger partial charge in [-0.1, -0.05) is 35.9 Å². The van der Waals surface area contributed by atoms with E-state index in [0.29, 0.717) is 18.2 Å². The molecule has 0 spiro atoms. The fourth-order valence-corrected chi connectivity index (χ4v) is 3.48. The summed E-state index contributed by atoms with van der Waals surface area (Å²) in [6.07, 6.45) is 4.86. The van der Waals surface area contributed by atoms with Crippen LogP contribution in [0.2, 0.25) is 5.02 Å². The highest BCUT2D eigenvalue weighted by atomic mass is 35.5. The number of unbranched alkanes of at least 4 members (excludes halogenated alkanes) is 1. The van der Waals surface area contributed by atoms with Crippen molar-refractivity contribution >= 4 is 28.9 Å². The van der Waals surface area contributed by atoms with Crippen molar-refractivity contribution in [1.82, 2.24) is 4.90 Å². The van der Waals surface area contributed by atoms with Gasteiger partial charge in [-0.15, -0.1) is 0 Å². The van der Waals surface area contributed by atoms with Crippen molar-refractivity contribution in [2.45, 2.75) is 19.4 Å². The molecular formula is C22H25ClN2O3. The highest BCUT2D eigenvalue weighted by molar-refractivity contribution is 6.30. The fraction of sp³-hybridized carbons (Fsp3) is 0.318. The SMILES string of the molecule is CN(C/C=C/C(=O)O)CCCCN1c2cc(Cl)ccc2COc2ccccc21. The molecule has 0 aromatic heterocycles. The minimum absolute atomic E-state index is 0.526. The Bertz CT molecular complexity index is 853. The van der Waals surface area contributed by atoms with E-state index in [4.69, 9.17) is 21.4 Å². The van der Waals surface area contributed by atoms with Gasteiger partial charge in [-0.25, -0.2) is 4.79 Å². The van der Waals surface area contributed by atoms with Crippen LogP contribution >= 0.6 is 11.6 Å². The largest absolute Gasteiger partial charge is 0.487 e. The summed E-state index contributed by atoms with van der Waals surface area (Å²) < 4.78 is 6.00. The fourth-order valence-electron chi connectivity index (χ4n) is 3.32. The van der Waals surface area contributed by atoms with Crippen molar-refractivity contribution in [3.63, 3.8) is 0 Å². The van der Waals surface area contributed by atoms with Crippen LogP contribution in [0.3, 0.4) is 0 Å². The van der Waals surface area contributed by atoms with Gasteiger partial charge in [0.15, 0.2) is 0 Å². The molecule has 0 unspecified atom stereocenters. The van der Waals surface area contributed by atoms with Gasteiger partial charge in [-0.2, -0.15) is 0 Å². The van der Waals surface area contributed by atoms with Crippen LogP contribution in [0.5, 0.6) is 5.75 Å². The number of rotatable bonds is 8. The average molecular weight is 401 g/mol.